The standard InChI is InChI=1S/C30H36ClN3O4S/c1-22(2)20-32-30(36)24(4)33(18-17-25-11-7-5-8-12-25)29(35)21-34(28-19-26(31)16-15-23(28)3)39(37,38)27-13-9-6-10-14-27/h5-16,19,22,24H,17-18,20-21H2,1-4H3,(H,32,36)/t24-/m0/s1. The number of hydrogen-bond donors (Lipinski definition) is 1. The van der Waals surface area contributed by atoms with Gasteiger partial charge in [-0.3, -0.25) is 13.9 Å². The summed E-state index contributed by atoms with van der Waals surface area (Å²) < 4.78 is 28.8. The van der Waals surface area contributed by atoms with E-state index in [1.54, 1.807) is 44.2 Å². The van der Waals surface area contributed by atoms with E-state index in [0.29, 0.717) is 29.2 Å². The van der Waals surface area contributed by atoms with Gasteiger partial charge in [-0.05, 0) is 61.6 Å². The summed E-state index contributed by atoms with van der Waals surface area (Å²) >= 11 is 6.26. The topological polar surface area (TPSA) is 86.8 Å². The number of benzene rings is 3. The smallest absolute Gasteiger partial charge is 0.264 e. The van der Waals surface area contributed by atoms with Crippen LogP contribution in [0.15, 0.2) is 83.8 Å². The quantitative estimate of drug-likeness (QED) is 0.330. The van der Waals surface area contributed by atoms with Crippen molar-refractivity contribution in [3.05, 3.63) is 95.0 Å². The maximum atomic E-state index is 13.9. The van der Waals surface area contributed by atoms with E-state index in [2.05, 4.69) is 5.32 Å². The molecule has 0 aliphatic heterocycles. The second kappa shape index (κ2) is 13.6. The maximum absolute atomic E-state index is 13.9. The van der Waals surface area contributed by atoms with Crippen molar-refractivity contribution < 1.29 is 18.0 Å². The van der Waals surface area contributed by atoms with E-state index in [-0.39, 0.29) is 23.3 Å². The Morgan fingerprint density at radius 2 is 1.54 bits per heavy atom. The fraction of sp³-hybridized carbons (Fsp3) is 0.333. The van der Waals surface area contributed by atoms with Gasteiger partial charge in [0.15, 0.2) is 0 Å². The monoisotopic (exact) mass is 569 g/mol. The molecule has 208 valence electrons. The van der Waals surface area contributed by atoms with Crippen molar-refractivity contribution in [1.82, 2.24) is 10.2 Å². The molecule has 0 fully saturated rings. The fourth-order valence-electron chi connectivity index (χ4n) is 4.11. The van der Waals surface area contributed by atoms with Crippen LogP contribution in [-0.4, -0.2) is 50.8 Å². The molecule has 0 aliphatic rings. The number of carbonyl (C=O) groups is 2. The number of anilines is 1. The molecular weight excluding hydrogens is 534 g/mol. The molecule has 0 bridgehead atoms. The highest BCUT2D eigenvalue weighted by atomic mass is 35.5. The first kappa shape index (κ1) is 30.2. The van der Waals surface area contributed by atoms with Crippen LogP contribution in [0.2, 0.25) is 5.02 Å². The van der Waals surface area contributed by atoms with E-state index in [1.807, 2.05) is 44.2 Å². The highest BCUT2D eigenvalue weighted by Crippen LogP contribution is 2.29. The van der Waals surface area contributed by atoms with Crippen molar-refractivity contribution in [3.63, 3.8) is 0 Å². The van der Waals surface area contributed by atoms with Crippen LogP contribution in [0.3, 0.4) is 0 Å². The van der Waals surface area contributed by atoms with Crippen LogP contribution in [-0.2, 0) is 26.0 Å². The Labute approximate surface area is 236 Å². The summed E-state index contributed by atoms with van der Waals surface area (Å²) in [4.78, 5) is 28.4. The zero-order valence-corrected chi connectivity index (χ0v) is 24.4. The molecule has 0 radical (unpaired) electrons. The molecule has 1 N–H and O–H groups in total. The molecule has 0 spiro atoms. The first-order valence-corrected chi connectivity index (χ1v) is 14.8. The third-order valence-corrected chi connectivity index (χ3v) is 8.40. The first-order chi connectivity index (χ1) is 18.5. The van der Waals surface area contributed by atoms with E-state index in [0.717, 1.165) is 9.87 Å². The molecule has 2 amide bonds. The number of rotatable bonds is 12. The van der Waals surface area contributed by atoms with E-state index >= 15 is 0 Å². The summed E-state index contributed by atoms with van der Waals surface area (Å²) in [6.07, 6.45) is 0.510. The normalized spacial score (nSPS) is 12.2. The van der Waals surface area contributed by atoms with Gasteiger partial charge >= 0.3 is 0 Å². The van der Waals surface area contributed by atoms with Crippen LogP contribution in [0.25, 0.3) is 0 Å². The third-order valence-electron chi connectivity index (χ3n) is 6.39. The van der Waals surface area contributed by atoms with E-state index in [9.17, 15) is 18.0 Å². The van der Waals surface area contributed by atoms with Crippen LogP contribution >= 0.6 is 11.6 Å². The Kier molecular flexibility index (Phi) is 10.5. The molecule has 0 aromatic heterocycles. The first-order valence-electron chi connectivity index (χ1n) is 13.0. The molecule has 3 rings (SSSR count). The molecule has 3 aromatic rings. The number of halogens is 1. The highest BCUT2D eigenvalue weighted by molar-refractivity contribution is 7.92. The van der Waals surface area contributed by atoms with E-state index in [1.165, 1.54) is 23.1 Å². The number of aryl methyl sites for hydroxylation is 1. The highest BCUT2D eigenvalue weighted by Gasteiger charge is 2.33. The fourth-order valence-corrected chi connectivity index (χ4v) is 5.76. The lowest BCUT2D eigenvalue weighted by molar-refractivity contribution is -0.138. The molecule has 3 aromatic carbocycles. The Morgan fingerprint density at radius 3 is 2.15 bits per heavy atom. The zero-order chi connectivity index (χ0) is 28.6. The minimum absolute atomic E-state index is 0.0516. The molecule has 0 saturated heterocycles. The van der Waals surface area contributed by atoms with Gasteiger partial charge in [-0.25, -0.2) is 8.42 Å². The SMILES string of the molecule is Cc1ccc(Cl)cc1N(CC(=O)N(CCc1ccccc1)[C@@H](C)C(=O)NCC(C)C)S(=O)(=O)c1ccccc1. The summed E-state index contributed by atoms with van der Waals surface area (Å²) in [5.41, 5.74) is 1.95. The Hall–Kier alpha value is -3.36. The number of nitrogens with zero attached hydrogens (tertiary/aromatic N) is 2. The number of nitrogens with one attached hydrogen (secondary N) is 1. The van der Waals surface area contributed by atoms with Crippen molar-refractivity contribution in [2.45, 2.75) is 45.1 Å². The Bertz CT molecular complexity index is 1370. The van der Waals surface area contributed by atoms with Crippen LogP contribution in [0.4, 0.5) is 5.69 Å². The minimum atomic E-state index is -4.13. The lowest BCUT2D eigenvalue weighted by Crippen LogP contribution is -2.52. The Balaban J connectivity index is 1.99. The molecule has 0 saturated carbocycles. The van der Waals surface area contributed by atoms with Crippen LogP contribution in [0.5, 0.6) is 0 Å². The predicted molar refractivity (Wildman–Crippen MR) is 156 cm³/mol. The van der Waals surface area contributed by atoms with Gasteiger partial charge in [0.1, 0.15) is 12.6 Å². The minimum Gasteiger partial charge on any atom is -0.354 e. The predicted octanol–water partition coefficient (Wildman–Crippen LogP) is 5.08. The largest absolute Gasteiger partial charge is 0.354 e. The van der Waals surface area contributed by atoms with E-state index in [4.69, 9.17) is 11.6 Å². The van der Waals surface area contributed by atoms with Gasteiger partial charge in [0.25, 0.3) is 10.0 Å². The second-order valence-electron chi connectivity index (χ2n) is 9.89. The zero-order valence-electron chi connectivity index (χ0n) is 22.8. The van der Waals surface area contributed by atoms with Gasteiger partial charge in [0.05, 0.1) is 10.6 Å². The summed E-state index contributed by atoms with van der Waals surface area (Å²) in [6, 6.07) is 21.7. The molecule has 7 nitrogen and oxygen atoms in total. The van der Waals surface area contributed by atoms with Crippen molar-refractivity contribution in [1.29, 1.82) is 0 Å². The van der Waals surface area contributed by atoms with E-state index < -0.39 is 28.5 Å². The summed E-state index contributed by atoms with van der Waals surface area (Å²) in [7, 11) is -4.13. The number of amides is 2. The Morgan fingerprint density at radius 1 is 0.923 bits per heavy atom. The van der Waals surface area contributed by atoms with Gasteiger partial charge in [0, 0.05) is 18.1 Å². The lowest BCUT2D eigenvalue weighted by Gasteiger charge is -2.32. The lowest BCUT2D eigenvalue weighted by atomic mass is 10.1. The molecule has 9 heteroatoms. The van der Waals surface area contributed by atoms with Crippen molar-refractivity contribution in [2.24, 2.45) is 5.92 Å². The molecule has 0 aliphatic carbocycles. The van der Waals surface area contributed by atoms with Gasteiger partial charge in [-0.15, -0.1) is 0 Å². The third kappa shape index (κ3) is 8.07. The van der Waals surface area contributed by atoms with Crippen molar-refractivity contribution in [2.75, 3.05) is 23.9 Å². The van der Waals surface area contributed by atoms with Gasteiger partial charge in [-0.1, -0.05) is 80.0 Å². The summed E-state index contributed by atoms with van der Waals surface area (Å²) in [6.45, 7) is 7.63. The molecular formula is C30H36ClN3O4S. The average molecular weight is 570 g/mol. The van der Waals surface area contributed by atoms with Crippen LogP contribution < -0.4 is 9.62 Å². The average Bonchev–Trinajstić information content (AvgIpc) is 2.92. The maximum Gasteiger partial charge on any atom is 0.264 e. The van der Waals surface area contributed by atoms with Crippen molar-refractivity contribution in [3.8, 4) is 0 Å². The van der Waals surface area contributed by atoms with Gasteiger partial charge in [-0.2, -0.15) is 0 Å². The second-order valence-corrected chi connectivity index (χ2v) is 12.2. The molecule has 1 atom stereocenters. The number of hydrogen-bond acceptors (Lipinski definition) is 4. The molecule has 0 heterocycles. The van der Waals surface area contributed by atoms with Gasteiger partial charge in [0.2, 0.25) is 11.8 Å². The molecule has 0 unspecified atom stereocenters. The van der Waals surface area contributed by atoms with Crippen LogP contribution in [0.1, 0.15) is 31.9 Å². The van der Waals surface area contributed by atoms with Gasteiger partial charge < -0.3 is 10.2 Å². The van der Waals surface area contributed by atoms with Crippen LogP contribution in [0, 0.1) is 12.8 Å². The number of sulfonamides is 1. The molecule has 39 heavy (non-hydrogen) atoms. The summed E-state index contributed by atoms with van der Waals surface area (Å²) in [5, 5.41) is 3.24. The summed E-state index contributed by atoms with van der Waals surface area (Å²) in [5.74, 6) is -0.537. The number of carbonyl (C=O) groups excluding carboxylic acids is 2. The van der Waals surface area contributed by atoms with Crippen molar-refractivity contribution >= 4 is 39.1 Å².